The van der Waals surface area contributed by atoms with E-state index >= 15 is 0 Å². The number of nitrogens with one attached hydrogen (secondary N) is 2. The Morgan fingerprint density at radius 1 is 1.26 bits per heavy atom. The van der Waals surface area contributed by atoms with Crippen LogP contribution in [0.3, 0.4) is 0 Å². The molecule has 4 atom stereocenters. The zero-order chi connectivity index (χ0) is 24.6. The van der Waals surface area contributed by atoms with E-state index in [1.165, 1.54) is 11.3 Å². The lowest BCUT2D eigenvalue weighted by molar-refractivity contribution is -0.130. The summed E-state index contributed by atoms with van der Waals surface area (Å²) < 4.78 is 0. The topological polar surface area (TPSA) is 145 Å². The van der Waals surface area contributed by atoms with Crippen LogP contribution in [0.25, 0.3) is 0 Å². The van der Waals surface area contributed by atoms with Crippen LogP contribution in [0.1, 0.15) is 40.8 Å². The maximum Gasteiger partial charge on any atom is 0.250 e. The maximum absolute atomic E-state index is 14.0. The minimum Gasteiger partial charge on any atom is -0.370 e. The van der Waals surface area contributed by atoms with E-state index in [0.717, 1.165) is 41.0 Å². The van der Waals surface area contributed by atoms with Gasteiger partial charge in [-0.2, -0.15) is 5.26 Å². The number of carbonyl (C=O) groups is 4. The first kappa shape index (κ1) is 22.2. The number of nitrogens with zero attached hydrogens (tertiary/aromatic N) is 2. The molecule has 4 aliphatic rings. The monoisotopic (exact) mass is 509 g/mol. The van der Waals surface area contributed by atoms with Crippen molar-refractivity contribution < 1.29 is 19.2 Å². The van der Waals surface area contributed by atoms with Gasteiger partial charge in [-0.1, -0.05) is 11.6 Å². The minimum absolute atomic E-state index is 0.231. The Bertz CT molecular complexity index is 1400. The zero-order valence-corrected chi connectivity index (χ0v) is 20.0. The summed E-state index contributed by atoms with van der Waals surface area (Å²) in [5.74, 6) is -4.38. The Morgan fingerprint density at radius 2 is 2.03 bits per heavy atom. The van der Waals surface area contributed by atoms with Crippen LogP contribution in [-0.2, 0) is 37.6 Å². The summed E-state index contributed by atoms with van der Waals surface area (Å²) in [6, 6.07) is 6.22. The molecule has 4 N–H and O–H groups in total. The first-order valence-corrected chi connectivity index (χ1v) is 12.6. The second kappa shape index (κ2) is 7.62. The number of benzene rings is 1. The number of fused-ring (bicyclic) bond motifs is 5. The van der Waals surface area contributed by atoms with Crippen molar-refractivity contribution in [3.63, 3.8) is 0 Å². The fourth-order valence-electron chi connectivity index (χ4n) is 6.19. The normalized spacial score (nSPS) is 28.6. The van der Waals surface area contributed by atoms with Crippen molar-refractivity contribution in [3.8, 4) is 6.07 Å². The molecule has 3 aliphatic heterocycles. The zero-order valence-electron chi connectivity index (χ0n) is 18.4. The number of halogens is 1. The summed E-state index contributed by atoms with van der Waals surface area (Å²) in [5.41, 5.74) is 6.07. The molecule has 0 unspecified atom stereocenters. The molecule has 2 fully saturated rings. The number of carbonyl (C=O) groups excluding carboxylic acids is 4. The van der Waals surface area contributed by atoms with Crippen LogP contribution in [-0.4, -0.2) is 29.7 Å². The Kier molecular flexibility index (Phi) is 4.84. The molecule has 2 saturated heterocycles. The first-order valence-electron chi connectivity index (χ1n) is 11.4. The summed E-state index contributed by atoms with van der Waals surface area (Å²) in [5, 5.41) is 16.5. The van der Waals surface area contributed by atoms with Crippen molar-refractivity contribution in [1.29, 1.82) is 5.26 Å². The van der Waals surface area contributed by atoms with Crippen molar-refractivity contribution in [2.75, 3.05) is 10.2 Å². The highest BCUT2D eigenvalue weighted by atomic mass is 35.5. The van der Waals surface area contributed by atoms with E-state index in [4.69, 9.17) is 17.3 Å². The highest BCUT2D eigenvalue weighted by Gasteiger charge is 2.71. The highest BCUT2D eigenvalue weighted by Crippen LogP contribution is 2.55. The van der Waals surface area contributed by atoms with E-state index in [2.05, 4.69) is 16.7 Å². The molecule has 4 amide bonds. The van der Waals surface area contributed by atoms with Gasteiger partial charge in [0.15, 0.2) is 0 Å². The Morgan fingerprint density at radius 3 is 2.77 bits per heavy atom. The molecule has 1 aliphatic carbocycles. The number of thiophene rings is 1. The summed E-state index contributed by atoms with van der Waals surface area (Å²) >= 11 is 7.54. The Balaban J connectivity index is 1.53. The molecule has 0 bridgehead atoms. The van der Waals surface area contributed by atoms with Gasteiger partial charge in [0, 0.05) is 33.6 Å². The van der Waals surface area contributed by atoms with Crippen LogP contribution in [0.2, 0.25) is 5.02 Å². The predicted octanol–water partition coefficient (Wildman–Crippen LogP) is 1.95. The molecule has 178 valence electrons. The van der Waals surface area contributed by atoms with Gasteiger partial charge in [-0.05, 0) is 49.4 Å². The van der Waals surface area contributed by atoms with Crippen LogP contribution in [0.5, 0.6) is 0 Å². The lowest BCUT2D eigenvalue weighted by Gasteiger charge is -2.29. The van der Waals surface area contributed by atoms with Crippen molar-refractivity contribution in [3.05, 3.63) is 44.8 Å². The molecular formula is C24H20ClN5O4S. The van der Waals surface area contributed by atoms with Crippen LogP contribution in [0.15, 0.2) is 18.2 Å². The van der Waals surface area contributed by atoms with E-state index in [1.54, 1.807) is 18.2 Å². The second-order valence-corrected chi connectivity index (χ2v) is 10.9. The average Bonchev–Trinajstić information content (AvgIpc) is 3.50. The quantitative estimate of drug-likeness (QED) is 0.539. The summed E-state index contributed by atoms with van der Waals surface area (Å²) in [4.78, 5) is 55.3. The Hall–Kier alpha value is -3.26. The summed E-state index contributed by atoms with van der Waals surface area (Å²) in [6.45, 7) is 0. The van der Waals surface area contributed by atoms with E-state index in [1.807, 2.05) is 0 Å². The van der Waals surface area contributed by atoms with Gasteiger partial charge in [0.25, 0.3) is 0 Å². The van der Waals surface area contributed by atoms with Gasteiger partial charge < -0.3 is 11.1 Å². The smallest absolute Gasteiger partial charge is 0.250 e. The minimum atomic E-state index is -1.59. The van der Waals surface area contributed by atoms with Crippen molar-refractivity contribution in [2.45, 2.75) is 43.7 Å². The molecule has 9 nitrogen and oxygen atoms in total. The van der Waals surface area contributed by atoms with Gasteiger partial charge in [-0.3, -0.25) is 24.5 Å². The van der Waals surface area contributed by atoms with E-state index in [9.17, 15) is 24.4 Å². The van der Waals surface area contributed by atoms with E-state index in [-0.39, 0.29) is 6.42 Å². The number of amides is 4. The van der Waals surface area contributed by atoms with E-state index in [0.29, 0.717) is 26.8 Å². The number of anilines is 2. The molecule has 6 rings (SSSR count). The third-order valence-corrected chi connectivity index (χ3v) is 9.08. The van der Waals surface area contributed by atoms with Crippen LogP contribution >= 0.6 is 22.9 Å². The number of aryl methyl sites for hydroxylation is 1. The predicted molar refractivity (Wildman–Crippen MR) is 128 cm³/mol. The molecule has 11 heteroatoms. The SMILES string of the molecule is N#Cc1c(N2C(=O)[C@H]3[C@@H](C2=O)[C@]2(N[C@@H]3CC(N)=O)C(=O)Nc3ccc(Cl)cc32)sc2c1CCCC2. The van der Waals surface area contributed by atoms with Crippen molar-refractivity contribution >= 4 is 57.3 Å². The van der Waals surface area contributed by atoms with Gasteiger partial charge >= 0.3 is 0 Å². The molecule has 1 aromatic heterocycles. The van der Waals surface area contributed by atoms with Gasteiger partial charge in [0.1, 0.15) is 16.6 Å². The van der Waals surface area contributed by atoms with Crippen LogP contribution < -0.4 is 21.3 Å². The largest absolute Gasteiger partial charge is 0.370 e. The third kappa shape index (κ3) is 2.89. The van der Waals surface area contributed by atoms with E-state index < -0.39 is 47.0 Å². The van der Waals surface area contributed by atoms with Gasteiger partial charge in [-0.15, -0.1) is 11.3 Å². The summed E-state index contributed by atoms with van der Waals surface area (Å²) in [7, 11) is 0. The average molecular weight is 510 g/mol. The third-order valence-electron chi connectivity index (χ3n) is 7.57. The summed E-state index contributed by atoms with van der Waals surface area (Å²) in [6.07, 6.45) is 3.21. The lowest BCUT2D eigenvalue weighted by atomic mass is 9.76. The molecule has 1 spiro atoms. The highest BCUT2D eigenvalue weighted by molar-refractivity contribution is 7.17. The van der Waals surface area contributed by atoms with Crippen LogP contribution in [0.4, 0.5) is 10.7 Å². The Labute approximate surface area is 209 Å². The van der Waals surface area contributed by atoms with Gasteiger partial charge in [-0.25, -0.2) is 4.90 Å². The van der Waals surface area contributed by atoms with Crippen LogP contribution in [0, 0.1) is 23.2 Å². The van der Waals surface area contributed by atoms with Crippen molar-refractivity contribution in [1.82, 2.24) is 5.32 Å². The van der Waals surface area contributed by atoms with Gasteiger partial charge in [0.2, 0.25) is 23.6 Å². The maximum atomic E-state index is 14.0. The molecule has 2 aromatic rings. The second-order valence-electron chi connectivity index (χ2n) is 9.39. The number of primary amides is 1. The number of hydrogen-bond acceptors (Lipinski definition) is 7. The van der Waals surface area contributed by atoms with Crippen molar-refractivity contribution in [2.24, 2.45) is 17.6 Å². The molecule has 4 heterocycles. The molecule has 0 radical (unpaired) electrons. The van der Waals surface area contributed by atoms with Gasteiger partial charge in [0.05, 0.1) is 17.4 Å². The molecule has 1 aromatic carbocycles. The molecule has 0 saturated carbocycles. The standard InChI is InChI=1S/C24H20ClN5O4S/c25-10-5-6-14-13(7-10)24(23(34)28-14)19-18(15(29-24)8-17(27)31)20(32)30(21(19)33)22-12(9-26)11-3-1-2-4-16(11)35-22/h5-7,15,18-19,29H,1-4,8H2,(H2,27,31)(H,28,34)/t15-,18-,19+,24+/m1/s1. The number of rotatable bonds is 3. The molecular weight excluding hydrogens is 490 g/mol. The number of hydrogen-bond donors (Lipinski definition) is 3. The number of nitriles is 1. The lowest BCUT2D eigenvalue weighted by Crippen LogP contribution is -2.53. The molecule has 35 heavy (non-hydrogen) atoms. The fraction of sp³-hybridized carbons (Fsp3) is 0.375. The number of nitrogens with two attached hydrogens (primary N) is 1. The first-order chi connectivity index (χ1) is 16.8. The number of imide groups is 1. The fourth-order valence-corrected chi connectivity index (χ4v) is 7.71.